The summed E-state index contributed by atoms with van der Waals surface area (Å²) in [5, 5.41) is 0. The van der Waals surface area contributed by atoms with Gasteiger partial charge in [-0.2, -0.15) is 0 Å². The zero-order valence-corrected chi connectivity index (χ0v) is 11.3. The Hall–Kier alpha value is -2.56. The fourth-order valence-corrected chi connectivity index (χ4v) is 2.17. The zero-order valence-electron chi connectivity index (χ0n) is 11.3. The summed E-state index contributed by atoms with van der Waals surface area (Å²) in [6, 6.07) is 11.4. The lowest BCUT2D eigenvalue weighted by atomic mass is 10.3. The second-order valence-electron chi connectivity index (χ2n) is 4.50. The molecule has 5 nitrogen and oxygen atoms in total. The first-order valence-corrected chi connectivity index (χ1v) is 6.28. The molecule has 0 N–H and O–H groups in total. The average Bonchev–Trinajstić information content (AvgIpc) is 3.03. The van der Waals surface area contributed by atoms with Gasteiger partial charge in [0.25, 0.3) is 0 Å². The van der Waals surface area contributed by atoms with E-state index in [-0.39, 0.29) is 12.5 Å². The summed E-state index contributed by atoms with van der Waals surface area (Å²) in [5.41, 5.74) is 1.70. The first-order valence-electron chi connectivity index (χ1n) is 6.28. The molecule has 0 atom stereocenters. The number of rotatable bonds is 3. The van der Waals surface area contributed by atoms with Crippen LogP contribution in [0.4, 0.5) is 0 Å². The lowest BCUT2D eigenvalue weighted by Crippen LogP contribution is -2.12. The molecule has 0 radical (unpaired) electrons. The third-order valence-corrected chi connectivity index (χ3v) is 3.13. The van der Waals surface area contributed by atoms with Crippen LogP contribution < -0.4 is 0 Å². The SMILES string of the molecule is COC(=O)Cn1c(-c2ccc(C)o2)nc2ccccc21. The van der Waals surface area contributed by atoms with Crippen LogP contribution in [-0.4, -0.2) is 22.6 Å². The van der Waals surface area contributed by atoms with E-state index in [0.717, 1.165) is 16.8 Å². The van der Waals surface area contributed by atoms with Crippen molar-refractivity contribution in [3.05, 3.63) is 42.2 Å². The standard InChI is InChI=1S/C15H14N2O3/c1-10-7-8-13(20-10)15-16-11-5-3-4-6-12(11)17(15)9-14(18)19-2/h3-8H,9H2,1-2H3. The number of ether oxygens (including phenoxy) is 1. The van der Waals surface area contributed by atoms with Gasteiger partial charge < -0.3 is 13.7 Å². The number of benzene rings is 1. The highest BCUT2D eigenvalue weighted by molar-refractivity contribution is 5.82. The molecule has 3 aromatic rings. The van der Waals surface area contributed by atoms with Gasteiger partial charge in [0.05, 0.1) is 18.1 Å². The van der Waals surface area contributed by atoms with Crippen LogP contribution in [0.1, 0.15) is 5.76 Å². The van der Waals surface area contributed by atoms with E-state index in [1.165, 1.54) is 7.11 Å². The highest BCUT2D eigenvalue weighted by atomic mass is 16.5. The van der Waals surface area contributed by atoms with Crippen molar-refractivity contribution in [2.45, 2.75) is 13.5 Å². The average molecular weight is 270 g/mol. The lowest BCUT2D eigenvalue weighted by molar-refractivity contribution is -0.141. The molecule has 0 amide bonds. The van der Waals surface area contributed by atoms with E-state index in [1.807, 2.05) is 43.3 Å². The summed E-state index contributed by atoms with van der Waals surface area (Å²) < 4.78 is 12.2. The molecule has 0 bridgehead atoms. The minimum absolute atomic E-state index is 0.103. The van der Waals surface area contributed by atoms with Gasteiger partial charge in [0.15, 0.2) is 11.6 Å². The lowest BCUT2D eigenvalue weighted by Gasteiger charge is -2.06. The van der Waals surface area contributed by atoms with Crippen LogP contribution in [0.2, 0.25) is 0 Å². The zero-order chi connectivity index (χ0) is 14.1. The van der Waals surface area contributed by atoms with Crippen molar-refractivity contribution in [3.8, 4) is 11.6 Å². The first-order chi connectivity index (χ1) is 9.69. The molecule has 0 saturated heterocycles. The van der Waals surface area contributed by atoms with Crippen molar-refractivity contribution < 1.29 is 13.9 Å². The second kappa shape index (κ2) is 4.85. The Labute approximate surface area is 115 Å². The maximum absolute atomic E-state index is 11.6. The monoisotopic (exact) mass is 270 g/mol. The van der Waals surface area contributed by atoms with Crippen LogP contribution >= 0.6 is 0 Å². The fraction of sp³-hybridized carbons (Fsp3) is 0.200. The van der Waals surface area contributed by atoms with Crippen molar-refractivity contribution >= 4 is 17.0 Å². The summed E-state index contributed by atoms with van der Waals surface area (Å²) in [7, 11) is 1.37. The maximum Gasteiger partial charge on any atom is 0.325 e. The first kappa shape index (κ1) is 12.5. The van der Waals surface area contributed by atoms with Gasteiger partial charge in [-0.05, 0) is 31.2 Å². The van der Waals surface area contributed by atoms with Crippen molar-refractivity contribution in [1.29, 1.82) is 0 Å². The van der Waals surface area contributed by atoms with Gasteiger partial charge in [0, 0.05) is 0 Å². The smallest absolute Gasteiger partial charge is 0.325 e. The third kappa shape index (κ3) is 2.07. The van der Waals surface area contributed by atoms with E-state index in [4.69, 9.17) is 9.15 Å². The van der Waals surface area contributed by atoms with E-state index in [0.29, 0.717) is 11.6 Å². The number of para-hydroxylation sites is 2. The number of hydrogen-bond donors (Lipinski definition) is 0. The normalized spacial score (nSPS) is 10.9. The van der Waals surface area contributed by atoms with E-state index in [1.54, 1.807) is 4.57 Å². The Kier molecular flexibility index (Phi) is 3.02. The van der Waals surface area contributed by atoms with Crippen molar-refractivity contribution in [1.82, 2.24) is 9.55 Å². The summed E-state index contributed by atoms with van der Waals surface area (Å²) in [5.74, 6) is 1.75. The number of fused-ring (bicyclic) bond motifs is 1. The highest BCUT2D eigenvalue weighted by Gasteiger charge is 2.17. The third-order valence-electron chi connectivity index (χ3n) is 3.13. The number of aromatic nitrogens is 2. The van der Waals surface area contributed by atoms with E-state index in [9.17, 15) is 4.79 Å². The predicted molar refractivity (Wildman–Crippen MR) is 74.2 cm³/mol. The molecule has 0 aliphatic heterocycles. The summed E-state index contributed by atoms with van der Waals surface area (Å²) in [4.78, 5) is 16.2. The fourth-order valence-electron chi connectivity index (χ4n) is 2.17. The maximum atomic E-state index is 11.6. The summed E-state index contributed by atoms with van der Waals surface area (Å²) in [6.07, 6.45) is 0. The molecule has 2 heterocycles. The van der Waals surface area contributed by atoms with Gasteiger partial charge in [-0.3, -0.25) is 4.79 Å². The molecule has 0 aliphatic carbocycles. The Morgan fingerprint density at radius 3 is 2.80 bits per heavy atom. The van der Waals surface area contributed by atoms with Crippen LogP contribution in [0.25, 0.3) is 22.6 Å². The number of furan rings is 1. The van der Waals surface area contributed by atoms with Gasteiger partial charge in [-0.25, -0.2) is 4.98 Å². The molecule has 0 spiro atoms. The van der Waals surface area contributed by atoms with Crippen molar-refractivity contribution in [2.24, 2.45) is 0 Å². The van der Waals surface area contributed by atoms with Gasteiger partial charge in [0.1, 0.15) is 12.3 Å². The molecule has 0 saturated carbocycles. The second-order valence-corrected chi connectivity index (χ2v) is 4.50. The van der Waals surface area contributed by atoms with Crippen LogP contribution in [0, 0.1) is 6.92 Å². The number of imidazole rings is 1. The summed E-state index contributed by atoms with van der Waals surface area (Å²) in [6.45, 7) is 1.98. The molecule has 3 rings (SSSR count). The van der Waals surface area contributed by atoms with Crippen LogP contribution in [-0.2, 0) is 16.1 Å². The Morgan fingerprint density at radius 1 is 1.30 bits per heavy atom. The van der Waals surface area contributed by atoms with Gasteiger partial charge >= 0.3 is 5.97 Å². The molecule has 1 aromatic carbocycles. The molecule has 5 heteroatoms. The number of esters is 1. The van der Waals surface area contributed by atoms with E-state index >= 15 is 0 Å². The molecule has 0 unspecified atom stereocenters. The number of methoxy groups -OCH3 is 1. The predicted octanol–water partition coefficient (Wildman–Crippen LogP) is 2.78. The van der Waals surface area contributed by atoms with Crippen LogP contribution in [0.15, 0.2) is 40.8 Å². The number of carbonyl (C=O) groups excluding carboxylic acids is 1. The highest BCUT2D eigenvalue weighted by Crippen LogP contribution is 2.26. The molecule has 102 valence electrons. The quantitative estimate of drug-likeness (QED) is 0.687. The minimum atomic E-state index is -0.322. The number of nitrogens with zero attached hydrogens (tertiary/aromatic N) is 2. The van der Waals surface area contributed by atoms with E-state index < -0.39 is 0 Å². The molecule has 2 aromatic heterocycles. The Balaban J connectivity index is 2.19. The Bertz CT molecular complexity index is 770. The van der Waals surface area contributed by atoms with Crippen LogP contribution in [0.3, 0.4) is 0 Å². The molecular formula is C15H14N2O3. The van der Waals surface area contributed by atoms with Gasteiger partial charge in [-0.1, -0.05) is 12.1 Å². The Morgan fingerprint density at radius 2 is 2.10 bits per heavy atom. The van der Waals surface area contributed by atoms with Gasteiger partial charge in [0.2, 0.25) is 0 Å². The minimum Gasteiger partial charge on any atom is -0.468 e. The van der Waals surface area contributed by atoms with Crippen molar-refractivity contribution in [3.63, 3.8) is 0 Å². The molecule has 20 heavy (non-hydrogen) atoms. The number of aryl methyl sites for hydroxylation is 1. The number of carbonyl (C=O) groups is 1. The summed E-state index contributed by atoms with van der Waals surface area (Å²) >= 11 is 0. The van der Waals surface area contributed by atoms with Crippen molar-refractivity contribution in [2.75, 3.05) is 7.11 Å². The molecule has 0 fully saturated rings. The topological polar surface area (TPSA) is 57.3 Å². The van der Waals surface area contributed by atoms with E-state index in [2.05, 4.69) is 4.98 Å². The number of hydrogen-bond acceptors (Lipinski definition) is 4. The molecule has 0 aliphatic rings. The van der Waals surface area contributed by atoms with Gasteiger partial charge in [-0.15, -0.1) is 0 Å². The largest absolute Gasteiger partial charge is 0.468 e. The molecular weight excluding hydrogens is 256 g/mol. The van der Waals surface area contributed by atoms with Crippen LogP contribution in [0.5, 0.6) is 0 Å².